The van der Waals surface area contributed by atoms with E-state index < -0.39 is 0 Å². The summed E-state index contributed by atoms with van der Waals surface area (Å²) in [7, 11) is 0. The van der Waals surface area contributed by atoms with Gasteiger partial charge in [0.1, 0.15) is 0 Å². The summed E-state index contributed by atoms with van der Waals surface area (Å²) in [4.78, 5) is 13.8. The first-order valence-electron chi connectivity index (χ1n) is 6.22. The summed E-state index contributed by atoms with van der Waals surface area (Å²) < 4.78 is 11.0. The molecule has 100 valence electrons. The number of hydrogen-bond acceptors (Lipinski definition) is 4. The number of hydrogen-bond donors (Lipinski definition) is 1. The van der Waals surface area contributed by atoms with Gasteiger partial charge in [-0.15, -0.1) is 0 Å². The lowest BCUT2D eigenvalue weighted by Crippen LogP contribution is -2.56. The maximum Gasteiger partial charge on any atom is 0.225 e. The number of morpholine rings is 1. The van der Waals surface area contributed by atoms with Crippen molar-refractivity contribution in [3.63, 3.8) is 0 Å². The predicted molar refractivity (Wildman–Crippen MR) is 65.7 cm³/mol. The summed E-state index contributed by atoms with van der Waals surface area (Å²) in [6.45, 7) is 8.67. The van der Waals surface area contributed by atoms with E-state index in [4.69, 9.17) is 15.2 Å². The van der Waals surface area contributed by atoms with Gasteiger partial charge in [0, 0.05) is 26.2 Å². The number of amides is 1. The Balaban J connectivity index is 2.48. The lowest BCUT2D eigenvalue weighted by Gasteiger charge is -2.42. The first kappa shape index (κ1) is 14.4. The van der Waals surface area contributed by atoms with Crippen LogP contribution in [0, 0.1) is 0 Å². The van der Waals surface area contributed by atoms with Crippen LogP contribution in [-0.2, 0) is 14.3 Å². The molecule has 5 heteroatoms. The highest BCUT2D eigenvalue weighted by Gasteiger charge is 2.34. The average molecular weight is 244 g/mol. The summed E-state index contributed by atoms with van der Waals surface area (Å²) >= 11 is 0. The molecular weight excluding hydrogens is 220 g/mol. The van der Waals surface area contributed by atoms with E-state index in [2.05, 4.69) is 0 Å². The van der Waals surface area contributed by atoms with E-state index in [1.54, 1.807) is 0 Å². The van der Waals surface area contributed by atoms with Crippen LogP contribution in [0.2, 0.25) is 0 Å². The molecule has 1 rings (SSSR count). The Labute approximate surface area is 103 Å². The van der Waals surface area contributed by atoms with Gasteiger partial charge in [-0.05, 0) is 20.8 Å². The lowest BCUT2D eigenvalue weighted by molar-refractivity contribution is -0.160. The van der Waals surface area contributed by atoms with Crippen LogP contribution in [0.15, 0.2) is 0 Å². The predicted octanol–water partition coefficient (Wildman–Crippen LogP) is 0.378. The Hall–Kier alpha value is -0.650. The largest absolute Gasteiger partial charge is 0.381 e. The average Bonchev–Trinajstić information content (AvgIpc) is 2.27. The van der Waals surface area contributed by atoms with Gasteiger partial charge in [0.2, 0.25) is 5.91 Å². The van der Waals surface area contributed by atoms with Crippen molar-refractivity contribution >= 4 is 5.91 Å². The normalized spacial score (nSPS) is 23.8. The Morgan fingerprint density at radius 1 is 1.59 bits per heavy atom. The molecule has 1 unspecified atom stereocenters. The van der Waals surface area contributed by atoms with E-state index in [-0.39, 0.29) is 17.6 Å². The molecule has 1 saturated heterocycles. The van der Waals surface area contributed by atoms with Crippen molar-refractivity contribution in [1.82, 2.24) is 4.90 Å². The Morgan fingerprint density at radius 2 is 2.29 bits per heavy atom. The molecule has 0 spiro atoms. The van der Waals surface area contributed by atoms with Gasteiger partial charge in [-0.3, -0.25) is 4.79 Å². The quantitative estimate of drug-likeness (QED) is 0.710. The van der Waals surface area contributed by atoms with Crippen molar-refractivity contribution in [1.29, 1.82) is 0 Å². The molecule has 5 nitrogen and oxygen atoms in total. The van der Waals surface area contributed by atoms with E-state index >= 15 is 0 Å². The topological polar surface area (TPSA) is 64.8 Å². The SMILES string of the molecule is CCOCCC(=O)N1CC(CN)OC(C)(C)C1. The molecule has 0 bridgehead atoms. The zero-order chi connectivity index (χ0) is 12.9. The molecule has 1 fully saturated rings. The van der Waals surface area contributed by atoms with Crippen molar-refractivity contribution in [3.8, 4) is 0 Å². The van der Waals surface area contributed by atoms with Crippen LogP contribution in [0.1, 0.15) is 27.2 Å². The monoisotopic (exact) mass is 244 g/mol. The number of nitrogens with zero attached hydrogens (tertiary/aromatic N) is 1. The number of carbonyl (C=O) groups is 1. The molecule has 1 aliphatic heterocycles. The third kappa shape index (κ3) is 4.61. The minimum Gasteiger partial charge on any atom is -0.381 e. The van der Waals surface area contributed by atoms with E-state index in [1.807, 2.05) is 25.7 Å². The fourth-order valence-electron chi connectivity index (χ4n) is 2.07. The second-order valence-electron chi connectivity index (χ2n) is 4.96. The molecule has 17 heavy (non-hydrogen) atoms. The van der Waals surface area contributed by atoms with Gasteiger partial charge < -0.3 is 20.1 Å². The maximum absolute atomic E-state index is 12.0. The second kappa shape index (κ2) is 6.33. The molecule has 0 aliphatic carbocycles. The lowest BCUT2D eigenvalue weighted by atomic mass is 10.0. The fourth-order valence-corrected chi connectivity index (χ4v) is 2.07. The van der Waals surface area contributed by atoms with Gasteiger partial charge in [0.15, 0.2) is 0 Å². The fraction of sp³-hybridized carbons (Fsp3) is 0.917. The van der Waals surface area contributed by atoms with Gasteiger partial charge in [-0.25, -0.2) is 0 Å². The molecule has 1 atom stereocenters. The van der Waals surface area contributed by atoms with Crippen LogP contribution in [0.4, 0.5) is 0 Å². The standard InChI is InChI=1S/C12H24N2O3/c1-4-16-6-5-11(15)14-8-10(7-13)17-12(2,3)9-14/h10H,4-9,13H2,1-3H3. The maximum atomic E-state index is 12.0. The number of nitrogens with two attached hydrogens (primary N) is 1. The van der Waals surface area contributed by atoms with E-state index in [0.29, 0.717) is 39.3 Å². The molecule has 0 aromatic carbocycles. The summed E-state index contributed by atoms with van der Waals surface area (Å²) in [6, 6.07) is 0. The second-order valence-corrected chi connectivity index (χ2v) is 4.96. The van der Waals surface area contributed by atoms with E-state index in [0.717, 1.165) is 0 Å². The van der Waals surface area contributed by atoms with Crippen LogP contribution in [0.3, 0.4) is 0 Å². The number of ether oxygens (including phenoxy) is 2. The molecule has 0 saturated carbocycles. The molecule has 1 heterocycles. The van der Waals surface area contributed by atoms with Crippen molar-refractivity contribution < 1.29 is 14.3 Å². The minimum atomic E-state index is -0.316. The van der Waals surface area contributed by atoms with Crippen LogP contribution in [0.5, 0.6) is 0 Å². The smallest absolute Gasteiger partial charge is 0.225 e. The van der Waals surface area contributed by atoms with Crippen LogP contribution in [-0.4, -0.2) is 55.4 Å². The first-order chi connectivity index (χ1) is 7.98. The van der Waals surface area contributed by atoms with Gasteiger partial charge >= 0.3 is 0 Å². The first-order valence-corrected chi connectivity index (χ1v) is 6.22. The third-order valence-corrected chi connectivity index (χ3v) is 2.76. The molecule has 0 aromatic rings. The highest BCUT2D eigenvalue weighted by molar-refractivity contribution is 5.76. The zero-order valence-corrected chi connectivity index (χ0v) is 11.1. The van der Waals surface area contributed by atoms with E-state index in [1.165, 1.54) is 0 Å². The third-order valence-electron chi connectivity index (χ3n) is 2.76. The Bertz CT molecular complexity index is 256. The molecule has 0 aromatic heterocycles. The molecule has 0 radical (unpaired) electrons. The molecule has 2 N–H and O–H groups in total. The van der Waals surface area contributed by atoms with Gasteiger partial charge in [0.05, 0.1) is 24.7 Å². The van der Waals surface area contributed by atoms with Crippen LogP contribution >= 0.6 is 0 Å². The van der Waals surface area contributed by atoms with Crippen molar-refractivity contribution in [2.24, 2.45) is 5.73 Å². The molecular formula is C12H24N2O3. The van der Waals surface area contributed by atoms with E-state index in [9.17, 15) is 4.79 Å². The summed E-state index contributed by atoms with van der Waals surface area (Å²) in [5.74, 6) is 0.119. The van der Waals surface area contributed by atoms with Crippen molar-refractivity contribution in [2.75, 3.05) is 32.8 Å². The highest BCUT2D eigenvalue weighted by Crippen LogP contribution is 2.21. The number of rotatable bonds is 5. The van der Waals surface area contributed by atoms with Gasteiger partial charge in [0.25, 0.3) is 0 Å². The highest BCUT2D eigenvalue weighted by atomic mass is 16.5. The van der Waals surface area contributed by atoms with Crippen molar-refractivity contribution in [3.05, 3.63) is 0 Å². The number of carbonyl (C=O) groups excluding carboxylic acids is 1. The van der Waals surface area contributed by atoms with Crippen molar-refractivity contribution in [2.45, 2.75) is 38.9 Å². The summed E-state index contributed by atoms with van der Waals surface area (Å²) in [5.41, 5.74) is 5.30. The Kier molecular flexibility index (Phi) is 5.36. The minimum absolute atomic E-state index is 0.0604. The van der Waals surface area contributed by atoms with Crippen LogP contribution in [0.25, 0.3) is 0 Å². The molecule has 1 amide bonds. The molecule has 1 aliphatic rings. The summed E-state index contributed by atoms with van der Waals surface area (Å²) in [5, 5.41) is 0. The van der Waals surface area contributed by atoms with Gasteiger partial charge in [-0.2, -0.15) is 0 Å². The zero-order valence-electron chi connectivity index (χ0n) is 11.1. The van der Waals surface area contributed by atoms with Crippen LogP contribution < -0.4 is 5.73 Å². The van der Waals surface area contributed by atoms with Gasteiger partial charge in [-0.1, -0.05) is 0 Å². The summed E-state index contributed by atoms with van der Waals surface area (Å²) in [6.07, 6.45) is 0.371. The Morgan fingerprint density at radius 3 is 2.88 bits per heavy atom.